The predicted molar refractivity (Wildman–Crippen MR) is 50.7 cm³/mol. The van der Waals surface area contributed by atoms with Crippen molar-refractivity contribution in [3.8, 4) is 0 Å². The highest BCUT2D eigenvalue weighted by molar-refractivity contribution is 5.17. The minimum Gasteiger partial charge on any atom is -0.0848 e. The molecule has 4 atom stereocenters. The fourth-order valence-corrected chi connectivity index (χ4v) is 4.18. The molecule has 0 saturated heterocycles. The molecule has 0 aromatic carbocycles. The zero-order chi connectivity index (χ0) is 8.34. The molecule has 3 rings (SSSR count). The molecule has 3 aliphatic rings. The molecule has 0 N–H and O–H groups in total. The summed E-state index contributed by atoms with van der Waals surface area (Å²) in [6.45, 7) is 4.96. The first-order valence-electron chi connectivity index (χ1n) is 5.37. The van der Waals surface area contributed by atoms with Gasteiger partial charge in [-0.25, -0.2) is 0 Å². The number of hydrogen-bond donors (Lipinski definition) is 0. The Morgan fingerprint density at radius 1 is 1.17 bits per heavy atom. The number of hydrogen-bond acceptors (Lipinski definition) is 0. The molecule has 2 bridgehead atoms. The summed E-state index contributed by atoms with van der Waals surface area (Å²) in [6, 6.07) is 0. The van der Waals surface area contributed by atoms with Crippen LogP contribution >= 0.6 is 0 Å². The van der Waals surface area contributed by atoms with Gasteiger partial charge in [0.1, 0.15) is 0 Å². The molecule has 2 saturated carbocycles. The molecule has 0 aromatic heterocycles. The highest BCUT2D eigenvalue weighted by Crippen LogP contribution is 2.62. The third-order valence-corrected chi connectivity index (χ3v) is 4.65. The van der Waals surface area contributed by atoms with Crippen molar-refractivity contribution in [1.82, 2.24) is 0 Å². The minimum absolute atomic E-state index is 0.648. The van der Waals surface area contributed by atoms with Gasteiger partial charge in [-0.05, 0) is 48.3 Å². The van der Waals surface area contributed by atoms with Crippen molar-refractivity contribution >= 4 is 0 Å². The average Bonchev–Trinajstić information content (AvgIpc) is 2.61. The topological polar surface area (TPSA) is 0 Å². The summed E-state index contributed by atoms with van der Waals surface area (Å²) in [7, 11) is 0. The molecule has 12 heavy (non-hydrogen) atoms. The zero-order valence-corrected chi connectivity index (χ0v) is 8.09. The van der Waals surface area contributed by atoms with Gasteiger partial charge in [0.25, 0.3) is 0 Å². The lowest BCUT2D eigenvalue weighted by Gasteiger charge is -2.31. The summed E-state index contributed by atoms with van der Waals surface area (Å²) in [5.41, 5.74) is 0.648. The summed E-state index contributed by atoms with van der Waals surface area (Å²) >= 11 is 0. The Labute approximate surface area is 75.0 Å². The maximum Gasteiger partial charge on any atom is -0.0191 e. The normalized spacial score (nSPS) is 53.2. The maximum absolute atomic E-state index is 2.50. The Kier molecular flexibility index (Phi) is 1.18. The van der Waals surface area contributed by atoms with E-state index in [1.165, 1.54) is 19.3 Å². The van der Waals surface area contributed by atoms with Gasteiger partial charge >= 0.3 is 0 Å². The van der Waals surface area contributed by atoms with Gasteiger partial charge in [0, 0.05) is 0 Å². The molecule has 2 fully saturated rings. The van der Waals surface area contributed by atoms with Gasteiger partial charge in [-0.15, -0.1) is 0 Å². The van der Waals surface area contributed by atoms with Crippen LogP contribution in [0.2, 0.25) is 0 Å². The first-order valence-corrected chi connectivity index (χ1v) is 5.37. The van der Waals surface area contributed by atoms with E-state index in [9.17, 15) is 0 Å². The van der Waals surface area contributed by atoms with Gasteiger partial charge in [-0.1, -0.05) is 26.0 Å². The zero-order valence-electron chi connectivity index (χ0n) is 8.09. The Morgan fingerprint density at radius 3 is 2.67 bits per heavy atom. The van der Waals surface area contributed by atoms with Crippen molar-refractivity contribution in [3.63, 3.8) is 0 Å². The Balaban J connectivity index is 2.00. The van der Waals surface area contributed by atoms with Crippen molar-refractivity contribution in [1.29, 1.82) is 0 Å². The highest BCUT2D eigenvalue weighted by atomic mass is 14.6. The molecule has 66 valence electrons. The molecule has 4 unspecified atom stereocenters. The molecule has 0 amide bonds. The lowest BCUT2D eigenvalue weighted by molar-refractivity contribution is 0.198. The van der Waals surface area contributed by atoms with Crippen molar-refractivity contribution < 1.29 is 0 Å². The Morgan fingerprint density at radius 2 is 1.92 bits per heavy atom. The maximum atomic E-state index is 2.50. The van der Waals surface area contributed by atoms with Gasteiger partial charge in [-0.3, -0.25) is 0 Å². The highest BCUT2D eigenvalue weighted by Gasteiger charge is 2.54. The van der Waals surface area contributed by atoms with E-state index in [1.807, 2.05) is 0 Å². The monoisotopic (exact) mass is 162 g/mol. The SMILES string of the molecule is CC1(C)CCC2C3C=CC(C3)C21. The molecule has 0 heteroatoms. The molecule has 0 heterocycles. The molecular formula is C12H18. The largest absolute Gasteiger partial charge is 0.0848 e. The summed E-state index contributed by atoms with van der Waals surface area (Å²) in [5.74, 6) is 4.03. The Bertz CT molecular complexity index is 236. The molecule has 3 aliphatic carbocycles. The second kappa shape index (κ2) is 1.97. The predicted octanol–water partition coefficient (Wildman–Crippen LogP) is 3.24. The van der Waals surface area contributed by atoms with Crippen LogP contribution in [0, 0.1) is 29.1 Å². The standard InChI is InChI=1S/C12H18/c1-12(2)6-5-10-8-3-4-9(7-8)11(10)12/h3-4,8-11H,5-7H2,1-2H3. The fraction of sp³-hybridized carbons (Fsp3) is 0.833. The first-order chi connectivity index (χ1) is 5.68. The van der Waals surface area contributed by atoms with E-state index in [-0.39, 0.29) is 0 Å². The van der Waals surface area contributed by atoms with Gasteiger partial charge in [0.05, 0.1) is 0 Å². The van der Waals surface area contributed by atoms with Crippen molar-refractivity contribution in [2.24, 2.45) is 29.1 Å². The van der Waals surface area contributed by atoms with E-state index in [0.717, 1.165) is 23.7 Å². The van der Waals surface area contributed by atoms with Crippen LogP contribution in [-0.4, -0.2) is 0 Å². The summed E-state index contributed by atoms with van der Waals surface area (Å²) in [4.78, 5) is 0. The van der Waals surface area contributed by atoms with E-state index in [1.54, 1.807) is 0 Å². The fourth-order valence-electron chi connectivity index (χ4n) is 4.18. The van der Waals surface area contributed by atoms with Crippen LogP contribution < -0.4 is 0 Å². The van der Waals surface area contributed by atoms with Gasteiger partial charge < -0.3 is 0 Å². The molecule has 0 nitrogen and oxygen atoms in total. The van der Waals surface area contributed by atoms with E-state index < -0.39 is 0 Å². The van der Waals surface area contributed by atoms with E-state index in [4.69, 9.17) is 0 Å². The second-order valence-electron chi connectivity index (χ2n) is 5.67. The van der Waals surface area contributed by atoms with Crippen molar-refractivity contribution in [3.05, 3.63) is 12.2 Å². The van der Waals surface area contributed by atoms with Gasteiger partial charge in [-0.2, -0.15) is 0 Å². The van der Waals surface area contributed by atoms with Crippen LogP contribution in [0.3, 0.4) is 0 Å². The summed E-state index contributed by atoms with van der Waals surface area (Å²) < 4.78 is 0. The number of rotatable bonds is 0. The molecule has 0 spiro atoms. The third-order valence-electron chi connectivity index (χ3n) is 4.65. The lowest BCUT2D eigenvalue weighted by atomic mass is 9.73. The van der Waals surface area contributed by atoms with E-state index in [0.29, 0.717) is 5.41 Å². The smallest absolute Gasteiger partial charge is 0.0191 e. The van der Waals surface area contributed by atoms with Gasteiger partial charge in [0.2, 0.25) is 0 Å². The van der Waals surface area contributed by atoms with Crippen LogP contribution in [0.15, 0.2) is 12.2 Å². The molecular weight excluding hydrogens is 144 g/mol. The van der Waals surface area contributed by atoms with Crippen LogP contribution in [0.5, 0.6) is 0 Å². The Hall–Kier alpha value is -0.260. The summed E-state index contributed by atoms with van der Waals surface area (Å²) in [5, 5.41) is 0. The van der Waals surface area contributed by atoms with Crippen molar-refractivity contribution in [2.45, 2.75) is 33.1 Å². The number of fused-ring (bicyclic) bond motifs is 5. The minimum atomic E-state index is 0.648. The average molecular weight is 162 g/mol. The molecule has 0 aliphatic heterocycles. The quantitative estimate of drug-likeness (QED) is 0.480. The lowest BCUT2D eigenvalue weighted by Crippen LogP contribution is -2.25. The van der Waals surface area contributed by atoms with E-state index in [2.05, 4.69) is 26.0 Å². The van der Waals surface area contributed by atoms with Crippen LogP contribution in [0.25, 0.3) is 0 Å². The second-order valence-corrected chi connectivity index (χ2v) is 5.67. The van der Waals surface area contributed by atoms with E-state index >= 15 is 0 Å². The van der Waals surface area contributed by atoms with Crippen LogP contribution in [0.4, 0.5) is 0 Å². The first kappa shape index (κ1) is 7.17. The number of allylic oxidation sites excluding steroid dienone is 2. The summed E-state index contributed by atoms with van der Waals surface area (Å²) in [6.07, 6.45) is 9.45. The van der Waals surface area contributed by atoms with Crippen molar-refractivity contribution in [2.75, 3.05) is 0 Å². The third kappa shape index (κ3) is 0.694. The molecule has 0 radical (unpaired) electrons. The van der Waals surface area contributed by atoms with Crippen LogP contribution in [0.1, 0.15) is 33.1 Å². The molecule has 0 aromatic rings. The van der Waals surface area contributed by atoms with Gasteiger partial charge in [0.15, 0.2) is 0 Å². The van der Waals surface area contributed by atoms with Crippen LogP contribution in [-0.2, 0) is 0 Å².